The largest absolute Gasteiger partial charge is 0.493 e. The summed E-state index contributed by atoms with van der Waals surface area (Å²) in [7, 11) is 1.21. The number of nitrogens with one attached hydrogen (secondary N) is 2. The number of alkyl halides is 2. The van der Waals surface area contributed by atoms with E-state index >= 15 is 0 Å². The van der Waals surface area contributed by atoms with Crippen LogP contribution < -0.4 is 20.1 Å². The number of halogens is 2. The highest BCUT2D eigenvalue weighted by Crippen LogP contribution is 2.29. The molecule has 0 aromatic heterocycles. The van der Waals surface area contributed by atoms with E-state index in [0.717, 1.165) is 12.1 Å². The van der Waals surface area contributed by atoms with Crippen molar-refractivity contribution in [2.45, 2.75) is 32.9 Å². The van der Waals surface area contributed by atoms with Gasteiger partial charge in [-0.2, -0.15) is 8.78 Å². The molecule has 0 unspecified atom stereocenters. The lowest BCUT2D eigenvalue weighted by molar-refractivity contribution is -0.123. The predicted octanol–water partition coefficient (Wildman–Crippen LogP) is 2.08. The number of amides is 3. The summed E-state index contributed by atoms with van der Waals surface area (Å²) in [6.07, 6.45) is 0. The van der Waals surface area contributed by atoms with Crippen molar-refractivity contribution in [2.75, 3.05) is 13.7 Å². The minimum absolute atomic E-state index is 0.0459. The molecular weight excluding hydrogens is 354 g/mol. The fraction of sp³-hybridized carbons (Fsp3) is 0.438. The van der Waals surface area contributed by atoms with Gasteiger partial charge in [0.05, 0.1) is 12.7 Å². The lowest BCUT2D eigenvalue weighted by Gasteiger charge is -2.20. The first-order valence-electron chi connectivity index (χ1n) is 7.44. The topological polar surface area (TPSA) is 103 Å². The third-order valence-electron chi connectivity index (χ3n) is 2.69. The number of imide groups is 1. The molecule has 144 valence electrons. The average molecular weight is 374 g/mol. The van der Waals surface area contributed by atoms with Crippen molar-refractivity contribution in [3.8, 4) is 11.5 Å². The van der Waals surface area contributed by atoms with Crippen LogP contribution in [0.15, 0.2) is 18.2 Å². The smallest absolute Gasteiger partial charge is 0.387 e. The molecule has 2 N–H and O–H groups in total. The number of ether oxygens (including phenoxy) is 3. The zero-order chi connectivity index (χ0) is 19.9. The van der Waals surface area contributed by atoms with Crippen molar-refractivity contribution in [3.63, 3.8) is 0 Å². The van der Waals surface area contributed by atoms with Gasteiger partial charge in [-0.05, 0) is 39.0 Å². The maximum Gasteiger partial charge on any atom is 0.387 e. The molecule has 10 heteroatoms. The van der Waals surface area contributed by atoms with Crippen LogP contribution in [0.2, 0.25) is 0 Å². The number of methoxy groups -OCH3 is 1. The van der Waals surface area contributed by atoms with Gasteiger partial charge in [-0.25, -0.2) is 9.59 Å². The molecule has 0 atom stereocenters. The molecule has 1 aromatic carbocycles. The van der Waals surface area contributed by atoms with Crippen LogP contribution in [0.5, 0.6) is 11.5 Å². The lowest BCUT2D eigenvalue weighted by Crippen LogP contribution is -2.49. The molecule has 0 aliphatic rings. The van der Waals surface area contributed by atoms with Crippen LogP contribution in [-0.4, -0.2) is 43.8 Å². The van der Waals surface area contributed by atoms with Crippen LogP contribution in [0.1, 0.15) is 31.1 Å². The molecule has 3 amide bonds. The van der Waals surface area contributed by atoms with E-state index in [9.17, 15) is 23.2 Å². The number of urea groups is 1. The third kappa shape index (κ3) is 7.32. The van der Waals surface area contributed by atoms with E-state index in [0.29, 0.717) is 0 Å². The molecule has 0 spiro atoms. The molecule has 26 heavy (non-hydrogen) atoms. The maximum absolute atomic E-state index is 12.3. The van der Waals surface area contributed by atoms with Gasteiger partial charge in [0.1, 0.15) is 0 Å². The molecule has 8 nitrogen and oxygen atoms in total. The molecule has 0 fully saturated rings. The second-order valence-corrected chi connectivity index (χ2v) is 6.07. The molecular formula is C16H20F2N2O6. The average Bonchev–Trinajstić information content (AvgIpc) is 2.50. The third-order valence-corrected chi connectivity index (χ3v) is 2.69. The Bertz CT molecular complexity index is 673. The van der Waals surface area contributed by atoms with Crippen LogP contribution in [0.4, 0.5) is 13.6 Å². The van der Waals surface area contributed by atoms with Crippen LogP contribution in [0, 0.1) is 0 Å². The van der Waals surface area contributed by atoms with Gasteiger partial charge in [-0.15, -0.1) is 0 Å². The highest BCUT2D eigenvalue weighted by atomic mass is 19.3. The number of rotatable bonds is 6. The normalized spacial score (nSPS) is 10.9. The van der Waals surface area contributed by atoms with Crippen molar-refractivity contribution in [1.82, 2.24) is 10.6 Å². The van der Waals surface area contributed by atoms with Crippen molar-refractivity contribution in [3.05, 3.63) is 23.8 Å². The zero-order valence-corrected chi connectivity index (χ0v) is 14.7. The molecule has 1 rings (SSSR count). The standard InChI is InChI=1S/C16H20F2N2O6/c1-16(2,3)20-15(23)19-12(21)8-25-13(22)9-5-6-10(26-14(17)18)11(7-9)24-4/h5-7,14H,8H2,1-4H3,(H2,19,20,21,23). The number of hydrogen-bond acceptors (Lipinski definition) is 6. The molecule has 0 heterocycles. The number of carbonyl (C=O) groups is 3. The zero-order valence-electron chi connectivity index (χ0n) is 14.7. The SMILES string of the molecule is COc1cc(C(=O)OCC(=O)NC(=O)NC(C)(C)C)ccc1OC(F)F. The Morgan fingerprint density at radius 1 is 1.15 bits per heavy atom. The fourth-order valence-corrected chi connectivity index (χ4v) is 1.74. The first-order chi connectivity index (χ1) is 12.0. The molecule has 0 radical (unpaired) electrons. The van der Waals surface area contributed by atoms with E-state index in [1.807, 2.05) is 5.32 Å². The van der Waals surface area contributed by atoms with Gasteiger partial charge < -0.3 is 19.5 Å². The van der Waals surface area contributed by atoms with E-state index in [1.165, 1.54) is 13.2 Å². The van der Waals surface area contributed by atoms with Gasteiger partial charge in [0.2, 0.25) is 0 Å². The van der Waals surface area contributed by atoms with Crippen LogP contribution in [0.25, 0.3) is 0 Å². The van der Waals surface area contributed by atoms with Crippen molar-refractivity contribution in [1.29, 1.82) is 0 Å². The summed E-state index contributed by atoms with van der Waals surface area (Å²) in [4.78, 5) is 35.0. The molecule has 0 saturated heterocycles. The van der Waals surface area contributed by atoms with Gasteiger partial charge in [-0.3, -0.25) is 10.1 Å². The molecule has 0 aliphatic heterocycles. The second-order valence-electron chi connectivity index (χ2n) is 6.07. The van der Waals surface area contributed by atoms with Crippen molar-refractivity contribution in [2.24, 2.45) is 0 Å². The molecule has 0 bridgehead atoms. The van der Waals surface area contributed by atoms with Crippen molar-refractivity contribution >= 4 is 17.9 Å². The Balaban J connectivity index is 2.62. The first-order valence-corrected chi connectivity index (χ1v) is 7.44. The highest BCUT2D eigenvalue weighted by molar-refractivity contribution is 5.97. The number of hydrogen-bond donors (Lipinski definition) is 2. The summed E-state index contributed by atoms with van der Waals surface area (Å²) in [5, 5.41) is 4.51. The van der Waals surface area contributed by atoms with Gasteiger partial charge in [0.15, 0.2) is 18.1 Å². The monoisotopic (exact) mass is 374 g/mol. The predicted molar refractivity (Wildman–Crippen MR) is 86.3 cm³/mol. The van der Waals surface area contributed by atoms with Crippen LogP contribution in [-0.2, 0) is 9.53 Å². The quantitative estimate of drug-likeness (QED) is 0.739. The van der Waals surface area contributed by atoms with Crippen molar-refractivity contribution < 1.29 is 37.4 Å². The summed E-state index contributed by atoms with van der Waals surface area (Å²) in [6, 6.07) is 2.68. The molecule has 0 aliphatic carbocycles. The summed E-state index contributed by atoms with van der Waals surface area (Å²) in [5.41, 5.74) is -0.588. The van der Waals surface area contributed by atoms with E-state index in [1.54, 1.807) is 20.8 Å². The van der Waals surface area contributed by atoms with Gasteiger partial charge >= 0.3 is 18.6 Å². The van der Waals surface area contributed by atoms with Crippen LogP contribution in [0.3, 0.4) is 0 Å². The fourth-order valence-electron chi connectivity index (χ4n) is 1.74. The Morgan fingerprint density at radius 3 is 2.35 bits per heavy atom. The molecule has 0 saturated carbocycles. The first kappa shape index (κ1) is 21.1. The number of esters is 1. The second kappa shape index (κ2) is 8.97. The minimum atomic E-state index is -3.05. The summed E-state index contributed by atoms with van der Waals surface area (Å²) in [5.74, 6) is -2.09. The van der Waals surface area contributed by atoms with Gasteiger partial charge in [0, 0.05) is 5.54 Å². The van der Waals surface area contributed by atoms with E-state index in [4.69, 9.17) is 9.47 Å². The van der Waals surface area contributed by atoms with E-state index in [2.05, 4.69) is 10.1 Å². The van der Waals surface area contributed by atoms with E-state index in [-0.39, 0.29) is 17.1 Å². The Kier molecular flexibility index (Phi) is 7.29. The number of carbonyl (C=O) groups excluding carboxylic acids is 3. The van der Waals surface area contributed by atoms with E-state index < -0.39 is 36.7 Å². The Morgan fingerprint density at radius 2 is 1.81 bits per heavy atom. The summed E-state index contributed by atoms with van der Waals surface area (Å²) < 4.78 is 38.4. The van der Waals surface area contributed by atoms with Gasteiger partial charge in [0.25, 0.3) is 5.91 Å². The van der Waals surface area contributed by atoms with Gasteiger partial charge in [-0.1, -0.05) is 0 Å². The maximum atomic E-state index is 12.3. The summed E-state index contributed by atoms with van der Waals surface area (Å²) in [6.45, 7) is 1.43. The molecule has 1 aromatic rings. The Hall–Kier alpha value is -2.91. The minimum Gasteiger partial charge on any atom is -0.493 e. The lowest BCUT2D eigenvalue weighted by atomic mass is 10.1. The highest BCUT2D eigenvalue weighted by Gasteiger charge is 2.18. The Labute approximate surface area is 148 Å². The van der Waals surface area contributed by atoms with Crippen LogP contribution >= 0.6 is 0 Å². The number of benzene rings is 1. The summed E-state index contributed by atoms with van der Waals surface area (Å²) >= 11 is 0.